The summed E-state index contributed by atoms with van der Waals surface area (Å²) in [5.74, 6) is -0.570. The van der Waals surface area contributed by atoms with Gasteiger partial charge in [0.2, 0.25) is 0 Å². The maximum Gasteiger partial charge on any atom is 0.257 e. The Morgan fingerprint density at radius 3 is 2.55 bits per heavy atom. The van der Waals surface area contributed by atoms with Crippen molar-refractivity contribution in [3.05, 3.63) is 29.3 Å². The van der Waals surface area contributed by atoms with Crippen LogP contribution in [0.1, 0.15) is 28.8 Å². The fourth-order valence-corrected chi connectivity index (χ4v) is 2.83. The van der Waals surface area contributed by atoms with Crippen LogP contribution in [0, 0.1) is 6.92 Å². The minimum absolute atomic E-state index is 0.0363. The Labute approximate surface area is 118 Å². The predicted molar refractivity (Wildman–Crippen MR) is 72.6 cm³/mol. The molecule has 2 saturated heterocycles. The highest BCUT2D eigenvalue weighted by molar-refractivity contribution is 5.97. The van der Waals surface area contributed by atoms with Crippen molar-refractivity contribution in [2.24, 2.45) is 0 Å². The summed E-state index contributed by atoms with van der Waals surface area (Å²) >= 11 is 0. The number of amides is 1. The van der Waals surface area contributed by atoms with E-state index in [4.69, 9.17) is 9.47 Å². The molecular weight excluding hydrogens is 258 g/mol. The van der Waals surface area contributed by atoms with E-state index in [1.54, 1.807) is 23.1 Å². The summed E-state index contributed by atoms with van der Waals surface area (Å²) in [5.41, 5.74) is 1.33. The third-order valence-electron chi connectivity index (χ3n) is 4.01. The number of likely N-dealkylation sites (tertiary alicyclic amines) is 1. The van der Waals surface area contributed by atoms with Gasteiger partial charge in [0.25, 0.3) is 5.91 Å². The molecule has 0 bridgehead atoms. The van der Waals surface area contributed by atoms with Gasteiger partial charge >= 0.3 is 0 Å². The number of aryl methyl sites for hydroxylation is 1. The highest BCUT2D eigenvalue weighted by atomic mass is 16.7. The van der Waals surface area contributed by atoms with E-state index in [1.165, 1.54) is 0 Å². The SMILES string of the molecule is Cc1ccc(O)c(C(=O)N2CCC3(CC2)OCCO3)c1. The second kappa shape index (κ2) is 5.07. The molecule has 5 heteroatoms. The monoisotopic (exact) mass is 277 g/mol. The molecule has 2 fully saturated rings. The third kappa shape index (κ3) is 2.39. The number of nitrogens with zero attached hydrogens (tertiary/aromatic N) is 1. The number of piperidine rings is 1. The van der Waals surface area contributed by atoms with Crippen LogP contribution in [0.2, 0.25) is 0 Å². The van der Waals surface area contributed by atoms with Gasteiger partial charge in [0, 0.05) is 25.9 Å². The molecule has 1 N–H and O–H groups in total. The Morgan fingerprint density at radius 2 is 1.90 bits per heavy atom. The molecule has 5 nitrogen and oxygen atoms in total. The number of benzene rings is 1. The highest BCUT2D eigenvalue weighted by Crippen LogP contribution is 2.32. The fraction of sp³-hybridized carbons (Fsp3) is 0.533. The van der Waals surface area contributed by atoms with E-state index in [9.17, 15) is 9.90 Å². The lowest BCUT2D eigenvalue weighted by molar-refractivity contribution is -0.181. The fourth-order valence-electron chi connectivity index (χ4n) is 2.83. The van der Waals surface area contributed by atoms with Gasteiger partial charge in [0.1, 0.15) is 5.75 Å². The van der Waals surface area contributed by atoms with Crippen molar-refractivity contribution < 1.29 is 19.4 Å². The molecule has 0 radical (unpaired) electrons. The van der Waals surface area contributed by atoms with Gasteiger partial charge < -0.3 is 19.5 Å². The van der Waals surface area contributed by atoms with Crippen LogP contribution in [0.25, 0.3) is 0 Å². The third-order valence-corrected chi connectivity index (χ3v) is 4.01. The molecule has 1 spiro atoms. The van der Waals surface area contributed by atoms with Crippen LogP contribution < -0.4 is 0 Å². The van der Waals surface area contributed by atoms with E-state index < -0.39 is 5.79 Å². The molecule has 3 rings (SSSR count). The van der Waals surface area contributed by atoms with Crippen molar-refractivity contribution in [3.8, 4) is 5.75 Å². The average molecular weight is 277 g/mol. The zero-order valence-corrected chi connectivity index (χ0v) is 11.6. The van der Waals surface area contributed by atoms with Gasteiger partial charge in [-0.3, -0.25) is 4.79 Å². The minimum Gasteiger partial charge on any atom is -0.507 e. The molecule has 2 heterocycles. The Kier molecular flexibility index (Phi) is 3.40. The quantitative estimate of drug-likeness (QED) is 0.848. The highest BCUT2D eigenvalue weighted by Gasteiger charge is 2.41. The van der Waals surface area contributed by atoms with Crippen LogP contribution in [0.4, 0.5) is 0 Å². The first kappa shape index (κ1) is 13.4. The van der Waals surface area contributed by atoms with Crippen LogP contribution in [0.3, 0.4) is 0 Å². The van der Waals surface area contributed by atoms with E-state index in [-0.39, 0.29) is 11.7 Å². The Balaban J connectivity index is 1.71. The molecule has 108 valence electrons. The number of carbonyl (C=O) groups excluding carboxylic acids is 1. The first-order chi connectivity index (χ1) is 9.60. The Bertz CT molecular complexity index is 513. The molecule has 20 heavy (non-hydrogen) atoms. The first-order valence-corrected chi connectivity index (χ1v) is 6.96. The van der Waals surface area contributed by atoms with Crippen molar-refractivity contribution in [1.82, 2.24) is 4.90 Å². The van der Waals surface area contributed by atoms with Gasteiger partial charge in [0.15, 0.2) is 5.79 Å². The molecule has 1 aromatic rings. The molecule has 1 aromatic carbocycles. The number of ether oxygens (including phenoxy) is 2. The second-order valence-corrected chi connectivity index (χ2v) is 5.42. The summed E-state index contributed by atoms with van der Waals surface area (Å²) in [6.07, 6.45) is 1.37. The van der Waals surface area contributed by atoms with Gasteiger partial charge in [-0.1, -0.05) is 11.6 Å². The zero-order valence-electron chi connectivity index (χ0n) is 11.6. The predicted octanol–water partition coefficient (Wildman–Crippen LogP) is 1.68. The van der Waals surface area contributed by atoms with Crippen LogP contribution in [0.5, 0.6) is 5.75 Å². The van der Waals surface area contributed by atoms with E-state index >= 15 is 0 Å². The van der Waals surface area contributed by atoms with Crippen molar-refractivity contribution in [2.45, 2.75) is 25.6 Å². The summed E-state index contributed by atoms with van der Waals surface area (Å²) in [5, 5.41) is 9.84. The lowest BCUT2D eigenvalue weighted by Gasteiger charge is -2.37. The van der Waals surface area contributed by atoms with E-state index in [0.717, 1.165) is 5.56 Å². The topological polar surface area (TPSA) is 59.0 Å². The van der Waals surface area contributed by atoms with Crippen LogP contribution in [0.15, 0.2) is 18.2 Å². The second-order valence-electron chi connectivity index (χ2n) is 5.42. The normalized spacial score (nSPS) is 21.4. The van der Waals surface area contributed by atoms with Gasteiger partial charge in [-0.2, -0.15) is 0 Å². The summed E-state index contributed by atoms with van der Waals surface area (Å²) in [6.45, 7) is 4.35. The van der Waals surface area contributed by atoms with Crippen LogP contribution in [-0.4, -0.2) is 48.0 Å². The number of phenols is 1. The maximum atomic E-state index is 12.5. The largest absolute Gasteiger partial charge is 0.507 e. The average Bonchev–Trinajstić information content (AvgIpc) is 2.90. The number of hydrogen-bond donors (Lipinski definition) is 1. The lowest BCUT2D eigenvalue weighted by Crippen LogP contribution is -2.47. The zero-order chi connectivity index (χ0) is 14.2. The Morgan fingerprint density at radius 1 is 1.25 bits per heavy atom. The van der Waals surface area contributed by atoms with Gasteiger partial charge in [-0.15, -0.1) is 0 Å². The Hall–Kier alpha value is -1.59. The molecule has 1 amide bonds. The van der Waals surface area contributed by atoms with Gasteiger partial charge in [0.05, 0.1) is 18.8 Å². The van der Waals surface area contributed by atoms with Crippen molar-refractivity contribution in [3.63, 3.8) is 0 Å². The molecule has 2 aliphatic rings. The molecule has 0 aromatic heterocycles. The van der Waals surface area contributed by atoms with E-state index in [1.807, 2.05) is 6.92 Å². The molecule has 0 aliphatic carbocycles. The summed E-state index contributed by atoms with van der Waals surface area (Å²) in [4.78, 5) is 14.2. The first-order valence-electron chi connectivity index (χ1n) is 6.96. The van der Waals surface area contributed by atoms with Crippen LogP contribution in [-0.2, 0) is 9.47 Å². The maximum absolute atomic E-state index is 12.5. The van der Waals surface area contributed by atoms with Crippen molar-refractivity contribution in [1.29, 1.82) is 0 Å². The van der Waals surface area contributed by atoms with Crippen molar-refractivity contribution in [2.75, 3.05) is 26.3 Å². The molecular formula is C15H19NO4. The van der Waals surface area contributed by atoms with Crippen molar-refractivity contribution >= 4 is 5.91 Å². The molecule has 0 unspecified atom stereocenters. The van der Waals surface area contributed by atoms with Gasteiger partial charge in [-0.05, 0) is 19.1 Å². The van der Waals surface area contributed by atoms with Crippen LogP contribution >= 0.6 is 0 Å². The smallest absolute Gasteiger partial charge is 0.257 e. The molecule has 0 atom stereocenters. The lowest BCUT2D eigenvalue weighted by atomic mass is 10.0. The number of phenolic OH excluding ortho intramolecular Hbond substituents is 1. The minimum atomic E-state index is -0.481. The summed E-state index contributed by atoms with van der Waals surface area (Å²) in [6, 6.07) is 5.08. The summed E-state index contributed by atoms with van der Waals surface area (Å²) < 4.78 is 11.3. The number of rotatable bonds is 1. The number of hydrogen-bond acceptors (Lipinski definition) is 4. The summed E-state index contributed by atoms with van der Waals surface area (Å²) in [7, 11) is 0. The number of aromatic hydroxyl groups is 1. The standard InChI is InChI=1S/C15H19NO4/c1-11-2-3-13(17)12(10-11)14(18)16-6-4-15(5-7-16)19-8-9-20-15/h2-3,10,17H,4-9H2,1H3. The van der Waals surface area contributed by atoms with E-state index in [2.05, 4.69) is 0 Å². The van der Waals surface area contributed by atoms with Gasteiger partial charge in [-0.25, -0.2) is 0 Å². The molecule has 2 aliphatic heterocycles. The number of carbonyl (C=O) groups is 1. The molecule has 0 saturated carbocycles. The van der Waals surface area contributed by atoms with E-state index in [0.29, 0.717) is 44.7 Å².